The van der Waals surface area contributed by atoms with Crippen molar-refractivity contribution in [2.24, 2.45) is 0 Å². The van der Waals surface area contributed by atoms with Crippen LogP contribution in [0.25, 0.3) is 0 Å². The van der Waals surface area contributed by atoms with E-state index in [4.69, 9.17) is 0 Å². The van der Waals surface area contributed by atoms with Crippen LogP contribution in [0.4, 0.5) is 0 Å². The molecule has 0 saturated heterocycles. The maximum atomic E-state index is 10.00. The molecule has 0 bridgehead atoms. The van der Waals surface area contributed by atoms with Gasteiger partial charge in [0.2, 0.25) is 6.41 Å². The standard InChI is InChI=1S/C19H38NO/c1-2-3-4-5-6-7-8-9-10-11-12-13-14-15-16-17-18-20-19-21/h19H,2-18H2,1H3. The number of hydrogen-bond acceptors (Lipinski definition) is 1. The van der Waals surface area contributed by atoms with Crippen molar-refractivity contribution >= 4 is 6.41 Å². The first-order valence-corrected chi connectivity index (χ1v) is 9.52. The molecule has 1 amide bonds. The lowest BCUT2D eigenvalue weighted by Gasteiger charge is -2.03. The molecule has 2 heteroatoms. The second kappa shape index (κ2) is 19.5. The number of carbonyl (C=O) groups excluding carboxylic acids is 1. The van der Waals surface area contributed by atoms with E-state index in [-0.39, 0.29) is 0 Å². The average molecular weight is 297 g/mol. The zero-order valence-corrected chi connectivity index (χ0v) is 14.5. The molecule has 0 aliphatic rings. The molecule has 0 aromatic heterocycles. The molecule has 0 fully saturated rings. The Bertz CT molecular complexity index is 194. The van der Waals surface area contributed by atoms with Crippen LogP contribution in [0.15, 0.2) is 0 Å². The van der Waals surface area contributed by atoms with Gasteiger partial charge in [-0.15, -0.1) is 0 Å². The fourth-order valence-corrected chi connectivity index (χ4v) is 2.80. The number of amides is 1. The second-order valence-corrected chi connectivity index (χ2v) is 6.31. The van der Waals surface area contributed by atoms with Gasteiger partial charge in [-0.05, 0) is 6.42 Å². The Kier molecular flexibility index (Phi) is 19.0. The maximum Gasteiger partial charge on any atom is 0.228 e. The van der Waals surface area contributed by atoms with Crippen molar-refractivity contribution in [3.63, 3.8) is 0 Å². The summed E-state index contributed by atoms with van der Waals surface area (Å²) >= 11 is 0. The molecule has 0 aliphatic heterocycles. The monoisotopic (exact) mass is 296 g/mol. The van der Waals surface area contributed by atoms with Crippen molar-refractivity contribution in [1.82, 2.24) is 5.32 Å². The van der Waals surface area contributed by atoms with Gasteiger partial charge in [0.1, 0.15) is 0 Å². The highest BCUT2D eigenvalue weighted by atomic mass is 16.1. The quantitative estimate of drug-likeness (QED) is 0.225. The maximum absolute atomic E-state index is 10.00. The molecular formula is C19H38NO. The van der Waals surface area contributed by atoms with Gasteiger partial charge in [-0.3, -0.25) is 10.1 Å². The van der Waals surface area contributed by atoms with Crippen molar-refractivity contribution in [1.29, 1.82) is 0 Å². The Morgan fingerprint density at radius 2 is 0.905 bits per heavy atom. The fraction of sp³-hybridized carbons (Fsp3) is 0.947. The summed E-state index contributed by atoms with van der Waals surface area (Å²) in [6.07, 6.45) is 22.8. The molecule has 0 unspecified atom stereocenters. The minimum Gasteiger partial charge on any atom is -0.277 e. The SMILES string of the molecule is CCCCCCCCCCCCCCCCCC[N]C=O. The molecule has 21 heavy (non-hydrogen) atoms. The molecule has 0 aliphatic carbocycles. The van der Waals surface area contributed by atoms with Crippen LogP contribution in [0.5, 0.6) is 0 Å². The first kappa shape index (κ1) is 20.5. The number of rotatable bonds is 18. The van der Waals surface area contributed by atoms with Gasteiger partial charge in [0.25, 0.3) is 0 Å². The van der Waals surface area contributed by atoms with Crippen LogP contribution in [0.3, 0.4) is 0 Å². The summed E-state index contributed by atoms with van der Waals surface area (Å²) < 4.78 is 0. The van der Waals surface area contributed by atoms with E-state index in [1.165, 1.54) is 96.3 Å². The summed E-state index contributed by atoms with van der Waals surface area (Å²) in [7, 11) is 0. The first-order valence-electron chi connectivity index (χ1n) is 9.52. The van der Waals surface area contributed by atoms with Crippen LogP contribution in [0.2, 0.25) is 0 Å². The van der Waals surface area contributed by atoms with E-state index in [2.05, 4.69) is 12.2 Å². The lowest BCUT2D eigenvalue weighted by atomic mass is 10.0. The molecule has 0 aromatic carbocycles. The number of carbonyl (C=O) groups is 1. The predicted molar refractivity (Wildman–Crippen MR) is 92.6 cm³/mol. The summed E-state index contributed by atoms with van der Waals surface area (Å²) in [5, 5.41) is 3.69. The minimum absolute atomic E-state index is 0.672. The molecular weight excluding hydrogens is 258 g/mol. The molecule has 0 aromatic rings. The third-order valence-electron chi connectivity index (χ3n) is 4.22. The van der Waals surface area contributed by atoms with Crippen molar-refractivity contribution in [3.05, 3.63) is 0 Å². The third kappa shape index (κ3) is 19.5. The highest BCUT2D eigenvalue weighted by Crippen LogP contribution is 2.13. The largest absolute Gasteiger partial charge is 0.277 e. The summed E-state index contributed by atoms with van der Waals surface area (Å²) in [6.45, 7) is 3.01. The minimum atomic E-state index is 0.672. The van der Waals surface area contributed by atoms with Crippen LogP contribution in [0.1, 0.15) is 110 Å². The first-order chi connectivity index (χ1) is 10.4. The van der Waals surface area contributed by atoms with E-state index < -0.39 is 0 Å². The molecule has 0 spiro atoms. The molecule has 0 N–H and O–H groups in total. The second-order valence-electron chi connectivity index (χ2n) is 6.31. The predicted octanol–water partition coefficient (Wildman–Crippen LogP) is 6.01. The topological polar surface area (TPSA) is 31.2 Å². The smallest absolute Gasteiger partial charge is 0.228 e. The summed E-state index contributed by atoms with van der Waals surface area (Å²) in [5.74, 6) is 0. The van der Waals surface area contributed by atoms with Crippen molar-refractivity contribution < 1.29 is 4.79 Å². The van der Waals surface area contributed by atoms with E-state index in [9.17, 15) is 4.79 Å². The normalized spacial score (nSPS) is 10.7. The van der Waals surface area contributed by atoms with Crippen LogP contribution >= 0.6 is 0 Å². The van der Waals surface area contributed by atoms with Crippen LogP contribution < -0.4 is 5.32 Å². The van der Waals surface area contributed by atoms with Gasteiger partial charge in [0, 0.05) is 6.54 Å². The van der Waals surface area contributed by atoms with E-state index >= 15 is 0 Å². The summed E-state index contributed by atoms with van der Waals surface area (Å²) in [6, 6.07) is 0. The molecule has 0 heterocycles. The van der Waals surface area contributed by atoms with Crippen LogP contribution in [0, 0.1) is 0 Å². The number of unbranched alkanes of at least 4 members (excludes halogenated alkanes) is 15. The Morgan fingerprint density at radius 3 is 1.24 bits per heavy atom. The van der Waals surface area contributed by atoms with Crippen LogP contribution in [-0.2, 0) is 4.79 Å². The van der Waals surface area contributed by atoms with E-state index in [1.54, 1.807) is 0 Å². The Morgan fingerprint density at radius 1 is 0.571 bits per heavy atom. The Balaban J connectivity index is 2.91. The number of nitrogens with zero attached hydrogens (tertiary/aromatic N) is 1. The number of hydrogen-bond donors (Lipinski definition) is 0. The summed E-state index contributed by atoms with van der Waals surface area (Å²) in [4.78, 5) is 10.00. The molecule has 0 rings (SSSR count). The lowest BCUT2D eigenvalue weighted by molar-refractivity contribution is -0.109. The molecule has 1 radical (unpaired) electrons. The fourth-order valence-electron chi connectivity index (χ4n) is 2.80. The van der Waals surface area contributed by atoms with Gasteiger partial charge in [-0.2, -0.15) is 0 Å². The molecule has 125 valence electrons. The highest BCUT2D eigenvalue weighted by molar-refractivity contribution is 5.45. The van der Waals surface area contributed by atoms with Gasteiger partial charge < -0.3 is 0 Å². The highest BCUT2D eigenvalue weighted by Gasteiger charge is 1.94. The van der Waals surface area contributed by atoms with Gasteiger partial charge >= 0.3 is 0 Å². The van der Waals surface area contributed by atoms with Gasteiger partial charge in [-0.1, -0.05) is 103 Å². The van der Waals surface area contributed by atoms with Gasteiger partial charge in [0.15, 0.2) is 0 Å². The average Bonchev–Trinajstić information content (AvgIpc) is 2.50. The van der Waals surface area contributed by atoms with E-state index in [0.717, 1.165) is 13.0 Å². The zero-order chi connectivity index (χ0) is 15.4. The summed E-state index contributed by atoms with van der Waals surface area (Å²) in [5.41, 5.74) is 0. The van der Waals surface area contributed by atoms with Crippen molar-refractivity contribution in [3.8, 4) is 0 Å². The van der Waals surface area contributed by atoms with Crippen molar-refractivity contribution in [2.75, 3.05) is 6.54 Å². The molecule has 2 nitrogen and oxygen atoms in total. The lowest BCUT2D eigenvalue weighted by Crippen LogP contribution is -2.02. The Hall–Kier alpha value is -0.530. The van der Waals surface area contributed by atoms with Crippen molar-refractivity contribution in [2.45, 2.75) is 110 Å². The zero-order valence-electron chi connectivity index (χ0n) is 14.5. The van der Waals surface area contributed by atoms with Crippen LogP contribution in [-0.4, -0.2) is 13.0 Å². The molecule has 0 saturated carbocycles. The molecule has 0 atom stereocenters. The Labute approximate surface area is 133 Å². The third-order valence-corrected chi connectivity index (χ3v) is 4.22. The van der Waals surface area contributed by atoms with E-state index in [1.807, 2.05) is 0 Å². The van der Waals surface area contributed by atoms with E-state index in [0.29, 0.717) is 6.41 Å². The van der Waals surface area contributed by atoms with Gasteiger partial charge in [-0.25, -0.2) is 0 Å². The van der Waals surface area contributed by atoms with Gasteiger partial charge in [0.05, 0.1) is 0 Å².